The summed E-state index contributed by atoms with van der Waals surface area (Å²) in [5.41, 5.74) is 3.22. The fraction of sp³-hybridized carbons (Fsp3) is 0.143. The van der Waals surface area contributed by atoms with Gasteiger partial charge in [-0.05, 0) is 43.3 Å². The van der Waals surface area contributed by atoms with Crippen molar-refractivity contribution in [1.82, 2.24) is 5.43 Å². The highest BCUT2D eigenvalue weighted by molar-refractivity contribution is 5.92. The molecule has 0 spiro atoms. The van der Waals surface area contributed by atoms with Gasteiger partial charge in [-0.3, -0.25) is 4.79 Å². The van der Waals surface area contributed by atoms with E-state index in [1.54, 1.807) is 12.1 Å². The maximum atomic E-state index is 12.1. The summed E-state index contributed by atoms with van der Waals surface area (Å²) in [6.07, 6.45) is 1.53. The van der Waals surface area contributed by atoms with Crippen LogP contribution < -0.4 is 14.9 Å². The van der Waals surface area contributed by atoms with Gasteiger partial charge in [0.25, 0.3) is 0 Å². The molecule has 1 N–H and O–H groups in total. The molecular weight excluding hydrogens is 344 g/mol. The Morgan fingerprint density at radius 3 is 2.63 bits per heavy atom. The number of amides is 1. The van der Waals surface area contributed by atoms with E-state index in [1.165, 1.54) is 6.21 Å². The highest BCUT2D eigenvalue weighted by atomic mass is 16.5. The Bertz CT molecular complexity index is 903. The molecule has 6 heteroatoms. The van der Waals surface area contributed by atoms with Crippen LogP contribution in [0.25, 0.3) is 0 Å². The fourth-order valence-corrected chi connectivity index (χ4v) is 2.34. The van der Waals surface area contributed by atoms with E-state index in [0.717, 1.165) is 11.3 Å². The third-order valence-electron chi connectivity index (χ3n) is 3.60. The van der Waals surface area contributed by atoms with Gasteiger partial charge in [0.1, 0.15) is 23.9 Å². The van der Waals surface area contributed by atoms with Crippen LogP contribution in [0.1, 0.15) is 28.8 Å². The largest absolute Gasteiger partial charge is 0.493 e. The number of hydrazone groups is 1. The first-order chi connectivity index (χ1) is 13.3. The number of para-hydroxylation sites is 2. The molecule has 0 aliphatic carbocycles. The standard InChI is InChI=1S/C21H20N2O4/c1-2-25-19-11-7-6-8-16(19)14-22-23-21(24)20-13-12-18(27-20)15-26-17-9-4-3-5-10-17/h3-14H,2,15H2,1H3,(H,23,24)/b22-14-. The second-order valence-electron chi connectivity index (χ2n) is 5.54. The van der Waals surface area contributed by atoms with Crippen molar-refractivity contribution in [3.63, 3.8) is 0 Å². The molecule has 0 atom stereocenters. The Morgan fingerprint density at radius 1 is 1.04 bits per heavy atom. The van der Waals surface area contributed by atoms with Crippen molar-refractivity contribution < 1.29 is 18.7 Å². The third kappa shape index (κ3) is 5.22. The second kappa shape index (κ2) is 9.24. The van der Waals surface area contributed by atoms with Crippen LogP contribution in [0, 0.1) is 0 Å². The van der Waals surface area contributed by atoms with Crippen molar-refractivity contribution in [2.75, 3.05) is 6.61 Å². The summed E-state index contributed by atoms with van der Waals surface area (Å²) >= 11 is 0. The number of carbonyl (C=O) groups excluding carboxylic acids is 1. The van der Waals surface area contributed by atoms with Crippen LogP contribution in [0.3, 0.4) is 0 Å². The number of nitrogens with zero attached hydrogens (tertiary/aromatic N) is 1. The molecule has 2 aromatic carbocycles. The number of benzene rings is 2. The zero-order chi connectivity index (χ0) is 18.9. The lowest BCUT2D eigenvalue weighted by Gasteiger charge is -2.05. The summed E-state index contributed by atoms with van der Waals surface area (Å²) in [6.45, 7) is 2.70. The minimum atomic E-state index is -0.439. The number of carbonyl (C=O) groups is 1. The molecule has 1 amide bonds. The van der Waals surface area contributed by atoms with Gasteiger partial charge in [0.2, 0.25) is 0 Å². The normalized spacial score (nSPS) is 10.7. The molecule has 0 unspecified atom stereocenters. The van der Waals surface area contributed by atoms with Gasteiger partial charge in [0.05, 0.1) is 12.8 Å². The molecule has 0 saturated heterocycles. The molecule has 1 heterocycles. The molecule has 138 valence electrons. The quantitative estimate of drug-likeness (QED) is 0.484. The van der Waals surface area contributed by atoms with Crippen LogP contribution in [-0.2, 0) is 6.61 Å². The lowest BCUT2D eigenvalue weighted by molar-refractivity contribution is 0.0923. The maximum Gasteiger partial charge on any atom is 0.307 e. The summed E-state index contributed by atoms with van der Waals surface area (Å²) in [7, 11) is 0. The Morgan fingerprint density at radius 2 is 1.81 bits per heavy atom. The summed E-state index contributed by atoms with van der Waals surface area (Å²) in [4.78, 5) is 12.1. The maximum absolute atomic E-state index is 12.1. The number of ether oxygens (including phenoxy) is 2. The summed E-state index contributed by atoms with van der Waals surface area (Å²) in [5, 5.41) is 3.97. The molecule has 0 bridgehead atoms. The van der Waals surface area contributed by atoms with Crippen LogP contribution in [0.4, 0.5) is 0 Å². The average molecular weight is 364 g/mol. The van der Waals surface area contributed by atoms with Gasteiger partial charge in [-0.2, -0.15) is 5.10 Å². The van der Waals surface area contributed by atoms with Crippen molar-refractivity contribution in [3.05, 3.63) is 83.8 Å². The lowest BCUT2D eigenvalue weighted by Crippen LogP contribution is -2.16. The monoisotopic (exact) mass is 364 g/mol. The third-order valence-corrected chi connectivity index (χ3v) is 3.60. The highest BCUT2D eigenvalue weighted by Crippen LogP contribution is 2.16. The predicted octanol–water partition coefficient (Wildman–Crippen LogP) is 4.02. The first-order valence-corrected chi connectivity index (χ1v) is 8.58. The molecule has 0 saturated carbocycles. The van der Waals surface area contributed by atoms with E-state index in [0.29, 0.717) is 18.1 Å². The molecule has 0 aliphatic rings. The average Bonchev–Trinajstić information content (AvgIpc) is 3.18. The Labute approximate surface area is 157 Å². The lowest BCUT2D eigenvalue weighted by atomic mass is 10.2. The zero-order valence-corrected chi connectivity index (χ0v) is 14.9. The van der Waals surface area contributed by atoms with E-state index in [1.807, 2.05) is 61.5 Å². The Hall–Kier alpha value is -3.54. The summed E-state index contributed by atoms with van der Waals surface area (Å²) < 4.78 is 16.6. The van der Waals surface area contributed by atoms with Crippen molar-refractivity contribution in [2.24, 2.45) is 5.10 Å². The minimum absolute atomic E-state index is 0.164. The predicted molar refractivity (Wildman–Crippen MR) is 102 cm³/mol. The molecule has 27 heavy (non-hydrogen) atoms. The second-order valence-corrected chi connectivity index (χ2v) is 5.54. The van der Waals surface area contributed by atoms with Crippen LogP contribution in [0.2, 0.25) is 0 Å². The van der Waals surface area contributed by atoms with Gasteiger partial charge >= 0.3 is 5.91 Å². The molecular formula is C21H20N2O4. The molecule has 3 aromatic rings. The van der Waals surface area contributed by atoms with Gasteiger partial charge < -0.3 is 13.9 Å². The van der Waals surface area contributed by atoms with E-state index in [2.05, 4.69) is 10.5 Å². The zero-order valence-electron chi connectivity index (χ0n) is 14.9. The van der Waals surface area contributed by atoms with Crippen molar-refractivity contribution in [3.8, 4) is 11.5 Å². The first-order valence-electron chi connectivity index (χ1n) is 8.58. The topological polar surface area (TPSA) is 73.1 Å². The number of hydrogen-bond donors (Lipinski definition) is 1. The fourth-order valence-electron chi connectivity index (χ4n) is 2.34. The Balaban J connectivity index is 1.55. The minimum Gasteiger partial charge on any atom is -0.493 e. The van der Waals surface area contributed by atoms with Crippen molar-refractivity contribution in [1.29, 1.82) is 0 Å². The van der Waals surface area contributed by atoms with Crippen LogP contribution in [-0.4, -0.2) is 18.7 Å². The van der Waals surface area contributed by atoms with Gasteiger partial charge in [-0.15, -0.1) is 0 Å². The van der Waals surface area contributed by atoms with E-state index in [4.69, 9.17) is 13.9 Å². The SMILES string of the molecule is CCOc1ccccc1/C=N\NC(=O)c1ccc(COc2ccccc2)o1. The van der Waals surface area contributed by atoms with Gasteiger partial charge in [-0.25, -0.2) is 5.43 Å². The Kier molecular flexibility index (Phi) is 6.25. The number of furan rings is 1. The van der Waals surface area contributed by atoms with Gasteiger partial charge in [0.15, 0.2) is 5.76 Å². The van der Waals surface area contributed by atoms with Gasteiger partial charge in [0, 0.05) is 5.56 Å². The molecule has 3 rings (SSSR count). The van der Waals surface area contributed by atoms with E-state index >= 15 is 0 Å². The van der Waals surface area contributed by atoms with E-state index in [9.17, 15) is 4.79 Å². The number of hydrogen-bond acceptors (Lipinski definition) is 5. The van der Waals surface area contributed by atoms with E-state index in [-0.39, 0.29) is 12.4 Å². The molecule has 0 radical (unpaired) electrons. The number of rotatable bonds is 8. The summed E-state index contributed by atoms with van der Waals surface area (Å²) in [6, 6.07) is 20.1. The molecule has 1 aromatic heterocycles. The highest BCUT2D eigenvalue weighted by Gasteiger charge is 2.11. The van der Waals surface area contributed by atoms with Crippen molar-refractivity contribution in [2.45, 2.75) is 13.5 Å². The molecule has 0 aliphatic heterocycles. The number of nitrogens with one attached hydrogen (secondary N) is 1. The van der Waals surface area contributed by atoms with Crippen LogP contribution in [0.5, 0.6) is 11.5 Å². The van der Waals surface area contributed by atoms with Gasteiger partial charge in [-0.1, -0.05) is 30.3 Å². The van der Waals surface area contributed by atoms with Crippen LogP contribution in [0.15, 0.2) is 76.2 Å². The van der Waals surface area contributed by atoms with Crippen LogP contribution >= 0.6 is 0 Å². The molecule has 0 fully saturated rings. The van der Waals surface area contributed by atoms with Crippen molar-refractivity contribution >= 4 is 12.1 Å². The smallest absolute Gasteiger partial charge is 0.307 e. The molecule has 6 nitrogen and oxygen atoms in total. The first kappa shape index (κ1) is 18.3. The van der Waals surface area contributed by atoms with E-state index < -0.39 is 5.91 Å². The summed E-state index contributed by atoms with van der Waals surface area (Å²) in [5.74, 6) is 1.71.